The zero-order valence-corrected chi connectivity index (χ0v) is 7.69. The second kappa shape index (κ2) is 3.76. The predicted octanol–water partition coefficient (Wildman–Crippen LogP) is 1.08. The van der Waals surface area contributed by atoms with Crippen LogP contribution in [0.3, 0.4) is 0 Å². The third-order valence-electron chi connectivity index (χ3n) is 1.93. The Kier molecular flexibility index (Phi) is 2.93. The maximum atomic E-state index is 12.3. The minimum atomic E-state index is -5.38. The predicted molar refractivity (Wildman–Crippen MR) is 45.6 cm³/mol. The van der Waals surface area contributed by atoms with Crippen LogP contribution < -0.4 is 0 Å². The molecule has 0 aliphatic carbocycles. The molecule has 0 radical (unpaired) electrons. The molecule has 1 aromatic rings. The Hall–Kier alpha value is -1.60. The molecule has 0 saturated carbocycles. The van der Waals surface area contributed by atoms with Crippen molar-refractivity contribution < 1.29 is 33.3 Å². The fraction of sp³-hybridized carbons (Fsp3) is 0.222. The highest BCUT2D eigenvalue weighted by atomic mass is 19.4. The summed E-state index contributed by atoms with van der Waals surface area (Å²) in [6.07, 6.45) is -5.38. The Labute approximate surface area is 87.6 Å². The Morgan fingerprint density at radius 3 is 2.06 bits per heavy atom. The molecule has 1 aromatic carbocycles. The van der Waals surface area contributed by atoms with Crippen molar-refractivity contribution >= 4 is 5.97 Å². The number of carboxylic acid groups (broad SMARTS) is 1. The van der Waals surface area contributed by atoms with Crippen molar-refractivity contribution in [1.82, 2.24) is 0 Å². The van der Waals surface area contributed by atoms with Gasteiger partial charge in [0.2, 0.25) is 0 Å². The van der Waals surface area contributed by atoms with Gasteiger partial charge in [-0.05, 0) is 6.07 Å². The molecular weight excluding hydrogens is 229 g/mol. The minimum absolute atomic E-state index is 0.691. The normalized spacial score (nSPS) is 12.6. The van der Waals surface area contributed by atoms with E-state index < -0.39 is 29.1 Å². The van der Waals surface area contributed by atoms with E-state index in [0.29, 0.717) is 6.07 Å². The minimum Gasteiger partial charge on any atom is -0.478 e. The summed E-state index contributed by atoms with van der Waals surface area (Å²) in [7, 11) is 0. The lowest BCUT2D eigenvalue weighted by Crippen LogP contribution is -2.43. The van der Waals surface area contributed by atoms with Crippen LogP contribution in [0.25, 0.3) is 0 Å². The van der Waals surface area contributed by atoms with Crippen molar-refractivity contribution in [2.75, 3.05) is 0 Å². The number of carboxylic acids is 1. The zero-order chi connectivity index (χ0) is 12.6. The van der Waals surface area contributed by atoms with E-state index in [0.717, 1.165) is 12.1 Å². The molecule has 0 unspecified atom stereocenters. The van der Waals surface area contributed by atoms with Crippen molar-refractivity contribution in [3.63, 3.8) is 0 Å². The van der Waals surface area contributed by atoms with Crippen LogP contribution in [-0.2, 0) is 5.79 Å². The maximum absolute atomic E-state index is 12.3. The summed E-state index contributed by atoms with van der Waals surface area (Å²) in [5, 5.41) is 26.4. The summed E-state index contributed by atoms with van der Waals surface area (Å²) >= 11 is 0. The quantitative estimate of drug-likeness (QED) is 0.671. The van der Waals surface area contributed by atoms with Gasteiger partial charge in [-0.1, -0.05) is 18.2 Å². The Bertz CT molecular complexity index is 411. The Balaban J connectivity index is 3.39. The first-order chi connectivity index (χ1) is 7.18. The van der Waals surface area contributed by atoms with Crippen molar-refractivity contribution in [3.8, 4) is 0 Å². The van der Waals surface area contributed by atoms with Gasteiger partial charge in [0.1, 0.15) is 0 Å². The van der Waals surface area contributed by atoms with Gasteiger partial charge in [0.15, 0.2) is 0 Å². The number of hydrogen-bond donors (Lipinski definition) is 3. The molecule has 0 bridgehead atoms. The van der Waals surface area contributed by atoms with Gasteiger partial charge in [-0.3, -0.25) is 0 Å². The van der Waals surface area contributed by atoms with Crippen LogP contribution in [0, 0.1) is 0 Å². The number of alkyl halides is 3. The maximum Gasteiger partial charge on any atom is 0.447 e. The molecule has 0 aliphatic heterocycles. The molecule has 3 N–H and O–H groups in total. The summed E-state index contributed by atoms with van der Waals surface area (Å²) in [6, 6.07) is 3.80. The second-order valence-electron chi connectivity index (χ2n) is 3.02. The lowest BCUT2D eigenvalue weighted by molar-refractivity contribution is -0.358. The van der Waals surface area contributed by atoms with Gasteiger partial charge in [-0.2, -0.15) is 13.2 Å². The van der Waals surface area contributed by atoms with Crippen LogP contribution >= 0.6 is 0 Å². The van der Waals surface area contributed by atoms with E-state index in [4.69, 9.17) is 15.3 Å². The molecule has 16 heavy (non-hydrogen) atoms. The lowest BCUT2D eigenvalue weighted by atomic mass is 9.99. The van der Waals surface area contributed by atoms with Crippen LogP contribution in [-0.4, -0.2) is 27.5 Å². The van der Waals surface area contributed by atoms with Crippen LogP contribution in [0.5, 0.6) is 0 Å². The molecule has 0 aliphatic rings. The molecular formula is C9H7F3O4. The van der Waals surface area contributed by atoms with Gasteiger partial charge < -0.3 is 15.3 Å². The summed E-state index contributed by atoms with van der Waals surface area (Å²) in [5.74, 6) is -5.85. The van der Waals surface area contributed by atoms with E-state index >= 15 is 0 Å². The van der Waals surface area contributed by atoms with E-state index in [-0.39, 0.29) is 0 Å². The molecule has 0 spiro atoms. The Morgan fingerprint density at radius 2 is 1.62 bits per heavy atom. The summed E-state index contributed by atoms with van der Waals surface area (Å²) < 4.78 is 36.8. The van der Waals surface area contributed by atoms with Crippen molar-refractivity contribution in [1.29, 1.82) is 0 Å². The van der Waals surface area contributed by atoms with Gasteiger partial charge in [0, 0.05) is 5.56 Å². The van der Waals surface area contributed by atoms with Gasteiger partial charge in [-0.25, -0.2) is 4.79 Å². The summed E-state index contributed by atoms with van der Waals surface area (Å²) in [6.45, 7) is 0. The van der Waals surface area contributed by atoms with E-state index in [1.54, 1.807) is 0 Å². The third-order valence-corrected chi connectivity index (χ3v) is 1.93. The van der Waals surface area contributed by atoms with Crippen molar-refractivity contribution in [3.05, 3.63) is 35.4 Å². The molecule has 88 valence electrons. The van der Waals surface area contributed by atoms with Crippen LogP contribution in [0.2, 0.25) is 0 Å². The molecule has 0 aromatic heterocycles. The first-order valence-electron chi connectivity index (χ1n) is 4.02. The number of aliphatic hydroxyl groups is 2. The fourth-order valence-electron chi connectivity index (χ4n) is 1.13. The standard InChI is InChI=1S/C9H7F3O4/c10-9(11,12)8(15,16)6-4-2-1-3-5(6)7(13)14/h1-4,15-16H,(H,13,14). The van der Waals surface area contributed by atoms with E-state index in [1.165, 1.54) is 6.07 Å². The molecule has 0 atom stereocenters. The van der Waals surface area contributed by atoms with Crippen molar-refractivity contribution in [2.24, 2.45) is 0 Å². The lowest BCUT2D eigenvalue weighted by Gasteiger charge is -2.25. The summed E-state index contributed by atoms with van der Waals surface area (Å²) in [4.78, 5) is 10.6. The first-order valence-corrected chi connectivity index (χ1v) is 4.02. The van der Waals surface area contributed by atoms with Gasteiger partial charge >= 0.3 is 12.1 Å². The molecule has 0 heterocycles. The number of carbonyl (C=O) groups is 1. The van der Waals surface area contributed by atoms with Crippen LogP contribution in [0.4, 0.5) is 13.2 Å². The van der Waals surface area contributed by atoms with Crippen molar-refractivity contribution in [2.45, 2.75) is 12.0 Å². The number of benzene rings is 1. The largest absolute Gasteiger partial charge is 0.478 e. The number of hydrogen-bond acceptors (Lipinski definition) is 3. The molecule has 7 heteroatoms. The van der Waals surface area contributed by atoms with Crippen LogP contribution in [0.1, 0.15) is 15.9 Å². The van der Waals surface area contributed by atoms with Gasteiger partial charge in [0.05, 0.1) is 5.56 Å². The number of halogens is 3. The highest BCUT2D eigenvalue weighted by Crippen LogP contribution is 2.37. The number of aromatic carboxylic acids is 1. The second-order valence-corrected chi connectivity index (χ2v) is 3.02. The molecule has 4 nitrogen and oxygen atoms in total. The zero-order valence-electron chi connectivity index (χ0n) is 7.69. The van der Waals surface area contributed by atoms with Crippen LogP contribution in [0.15, 0.2) is 24.3 Å². The van der Waals surface area contributed by atoms with E-state index in [1.807, 2.05) is 0 Å². The first kappa shape index (κ1) is 12.5. The van der Waals surface area contributed by atoms with Gasteiger partial charge in [-0.15, -0.1) is 0 Å². The van der Waals surface area contributed by atoms with E-state index in [2.05, 4.69) is 0 Å². The average molecular weight is 236 g/mol. The smallest absolute Gasteiger partial charge is 0.447 e. The SMILES string of the molecule is O=C(O)c1ccccc1C(O)(O)C(F)(F)F. The average Bonchev–Trinajstić information content (AvgIpc) is 2.16. The molecule has 0 amide bonds. The molecule has 1 rings (SSSR count). The third kappa shape index (κ3) is 2.00. The number of rotatable bonds is 2. The highest BCUT2D eigenvalue weighted by molar-refractivity contribution is 5.89. The topological polar surface area (TPSA) is 77.8 Å². The fourth-order valence-corrected chi connectivity index (χ4v) is 1.13. The summed E-state index contributed by atoms with van der Waals surface area (Å²) in [5.41, 5.74) is -1.93. The molecule has 0 saturated heterocycles. The Morgan fingerprint density at radius 1 is 1.12 bits per heavy atom. The highest BCUT2D eigenvalue weighted by Gasteiger charge is 2.55. The van der Waals surface area contributed by atoms with Gasteiger partial charge in [0.25, 0.3) is 5.79 Å². The van der Waals surface area contributed by atoms with E-state index in [9.17, 15) is 18.0 Å². The molecule has 0 fully saturated rings. The monoisotopic (exact) mass is 236 g/mol.